The second kappa shape index (κ2) is 6.44. The summed E-state index contributed by atoms with van der Waals surface area (Å²) >= 11 is 5.22. The summed E-state index contributed by atoms with van der Waals surface area (Å²) in [6.45, 7) is 0. The maximum atomic E-state index is 12.4. The smallest absolute Gasteiger partial charge is 0.230 e. The first-order chi connectivity index (χ1) is 11.1. The summed E-state index contributed by atoms with van der Waals surface area (Å²) in [6, 6.07) is 8.34. The molecule has 124 valence electrons. The fourth-order valence-electron chi connectivity index (χ4n) is 5.48. The molecular formula is C19H24BrNOS. The van der Waals surface area contributed by atoms with Crippen LogP contribution in [0.2, 0.25) is 0 Å². The van der Waals surface area contributed by atoms with Gasteiger partial charge in [-0.25, -0.2) is 0 Å². The topological polar surface area (TPSA) is 29.1 Å². The minimum absolute atomic E-state index is 0.155. The van der Waals surface area contributed by atoms with Crippen molar-refractivity contribution in [2.45, 2.75) is 49.8 Å². The molecule has 1 aromatic rings. The highest BCUT2D eigenvalue weighted by Gasteiger charge is 2.51. The van der Waals surface area contributed by atoms with E-state index in [9.17, 15) is 4.79 Å². The van der Waals surface area contributed by atoms with E-state index in [0.29, 0.717) is 5.75 Å². The molecule has 5 rings (SSSR count). The number of amides is 1. The second-order valence-electron chi connectivity index (χ2n) is 7.87. The number of nitrogens with one attached hydrogen (secondary N) is 1. The van der Waals surface area contributed by atoms with E-state index in [4.69, 9.17) is 0 Å². The van der Waals surface area contributed by atoms with Gasteiger partial charge in [-0.1, -0.05) is 28.1 Å². The van der Waals surface area contributed by atoms with Gasteiger partial charge >= 0.3 is 0 Å². The number of carbonyl (C=O) groups is 1. The van der Waals surface area contributed by atoms with E-state index in [0.717, 1.165) is 28.0 Å². The first-order valence-electron chi connectivity index (χ1n) is 8.73. The molecular weight excluding hydrogens is 370 g/mol. The predicted octanol–water partition coefficient (Wildman–Crippen LogP) is 4.77. The number of carbonyl (C=O) groups excluding carboxylic acids is 1. The minimum Gasteiger partial charge on any atom is -0.350 e. The first kappa shape index (κ1) is 16.0. The second-order valence-corrected chi connectivity index (χ2v) is 9.77. The van der Waals surface area contributed by atoms with Gasteiger partial charge in [-0.2, -0.15) is 0 Å². The van der Waals surface area contributed by atoms with Gasteiger partial charge in [-0.05, 0) is 74.0 Å². The average molecular weight is 394 g/mol. The van der Waals surface area contributed by atoms with Crippen molar-refractivity contribution in [3.63, 3.8) is 0 Å². The summed E-state index contributed by atoms with van der Waals surface area (Å²) in [4.78, 5) is 12.4. The quantitative estimate of drug-likeness (QED) is 0.780. The number of hydrogen-bond donors (Lipinski definition) is 1. The standard InChI is InChI=1S/C19H24BrNOS/c20-17-3-1-2-13(7-17)11-23-12-18(22)21-19-8-14-4-15(9-19)6-16(5-14)10-19/h1-3,7,14-16H,4-6,8-12H2,(H,21,22). The lowest BCUT2D eigenvalue weighted by molar-refractivity contribution is -0.124. The summed E-state index contributed by atoms with van der Waals surface area (Å²) in [5, 5.41) is 3.45. The molecule has 0 saturated heterocycles. The molecule has 0 unspecified atom stereocenters. The molecule has 23 heavy (non-hydrogen) atoms. The van der Waals surface area contributed by atoms with E-state index < -0.39 is 0 Å². The summed E-state index contributed by atoms with van der Waals surface area (Å²) in [5.41, 5.74) is 1.43. The van der Waals surface area contributed by atoms with E-state index in [1.54, 1.807) is 11.8 Å². The molecule has 0 aliphatic heterocycles. The lowest BCUT2D eigenvalue weighted by Gasteiger charge is -2.56. The highest BCUT2D eigenvalue weighted by Crippen LogP contribution is 2.55. The molecule has 1 amide bonds. The van der Waals surface area contributed by atoms with Gasteiger partial charge in [-0.15, -0.1) is 11.8 Å². The van der Waals surface area contributed by atoms with Crippen molar-refractivity contribution >= 4 is 33.6 Å². The summed E-state index contributed by atoms with van der Waals surface area (Å²) < 4.78 is 1.11. The van der Waals surface area contributed by atoms with Gasteiger partial charge in [0.25, 0.3) is 0 Å². The van der Waals surface area contributed by atoms with Crippen LogP contribution >= 0.6 is 27.7 Å². The third-order valence-electron chi connectivity index (χ3n) is 5.83. The maximum Gasteiger partial charge on any atom is 0.230 e. The highest BCUT2D eigenvalue weighted by atomic mass is 79.9. The Morgan fingerprint density at radius 2 is 1.83 bits per heavy atom. The summed E-state index contributed by atoms with van der Waals surface area (Å²) in [7, 11) is 0. The molecule has 0 atom stereocenters. The molecule has 0 spiro atoms. The highest BCUT2D eigenvalue weighted by molar-refractivity contribution is 9.10. The Morgan fingerprint density at radius 1 is 1.17 bits per heavy atom. The van der Waals surface area contributed by atoms with Crippen LogP contribution in [0.1, 0.15) is 44.1 Å². The number of hydrogen-bond acceptors (Lipinski definition) is 2. The van der Waals surface area contributed by atoms with Crippen LogP contribution in [0.25, 0.3) is 0 Å². The number of halogens is 1. The number of rotatable bonds is 5. The Labute approximate surface area is 151 Å². The molecule has 4 fully saturated rings. The monoisotopic (exact) mass is 393 g/mol. The van der Waals surface area contributed by atoms with E-state index in [2.05, 4.69) is 39.4 Å². The Hall–Kier alpha value is -0.480. The molecule has 2 nitrogen and oxygen atoms in total. The van der Waals surface area contributed by atoms with Crippen molar-refractivity contribution in [2.24, 2.45) is 17.8 Å². The van der Waals surface area contributed by atoms with E-state index in [-0.39, 0.29) is 11.4 Å². The van der Waals surface area contributed by atoms with Crippen molar-refractivity contribution in [3.05, 3.63) is 34.3 Å². The van der Waals surface area contributed by atoms with Crippen LogP contribution in [0.5, 0.6) is 0 Å². The molecule has 4 bridgehead atoms. The van der Waals surface area contributed by atoms with Crippen LogP contribution in [-0.2, 0) is 10.5 Å². The fourth-order valence-corrected chi connectivity index (χ4v) is 6.71. The lowest BCUT2D eigenvalue weighted by atomic mass is 9.53. The largest absolute Gasteiger partial charge is 0.350 e. The van der Waals surface area contributed by atoms with Crippen molar-refractivity contribution in [1.82, 2.24) is 5.32 Å². The van der Waals surface area contributed by atoms with Gasteiger partial charge in [0.1, 0.15) is 0 Å². The zero-order valence-electron chi connectivity index (χ0n) is 13.4. The van der Waals surface area contributed by atoms with Crippen molar-refractivity contribution < 1.29 is 4.79 Å². The van der Waals surface area contributed by atoms with Crippen LogP contribution in [0, 0.1) is 17.8 Å². The molecule has 4 heteroatoms. The minimum atomic E-state index is 0.155. The van der Waals surface area contributed by atoms with Gasteiger partial charge in [0.05, 0.1) is 5.75 Å². The third kappa shape index (κ3) is 3.63. The molecule has 0 aromatic heterocycles. The molecule has 0 radical (unpaired) electrons. The Bertz CT molecular complexity index is 568. The van der Waals surface area contributed by atoms with E-state index in [1.165, 1.54) is 44.1 Å². The Morgan fingerprint density at radius 3 is 2.43 bits per heavy atom. The number of thioether (sulfide) groups is 1. The molecule has 4 saturated carbocycles. The Kier molecular flexibility index (Phi) is 4.48. The SMILES string of the molecule is O=C(CSCc1cccc(Br)c1)NC12CC3CC(CC(C3)C1)C2. The summed E-state index contributed by atoms with van der Waals surface area (Å²) in [5.74, 6) is 4.37. The first-order valence-corrected chi connectivity index (χ1v) is 10.7. The van der Waals surface area contributed by atoms with Gasteiger partial charge < -0.3 is 5.32 Å². The lowest BCUT2D eigenvalue weighted by Crippen LogP contribution is -2.60. The predicted molar refractivity (Wildman–Crippen MR) is 99.3 cm³/mol. The van der Waals surface area contributed by atoms with Gasteiger partial charge in [0, 0.05) is 15.8 Å². The van der Waals surface area contributed by atoms with Gasteiger partial charge in [0.2, 0.25) is 5.91 Å². The fraction of sp³-hybridized carbons (Fsp3) is 0.632. The van der Waals surface area contributed by atoms with Crippen LogP contribution in [0.15, 0.2) is 28.7 Å². The van der Waals surface area contributed by atoms with Crippen LogP contribution in [0.4, 0.5) is 0 Å². The zero-order valence-corrected chi connectivity index (χ0v) is 15.8. The molecule has 1 N–H and O–H groups in total. The normalized spacial score (nSPS) is 34.6. The van der Waals surface area contributed by atoms with Crippen molar-refractivity contribution in [3.8, 4) is 0 Å². The van der Waals surface area contributed by atoms with E-state index in [1.807, 2.05) is 6.07 Å². The maximum absolute atomic E-state index is 12.4. The number of benzene rings is 1. The molecule has 4 aliphatic rings. The van der Waals surface area contributed by atoms with Crippen LogP contribution < -0.4 is 5.32 Å². The zero-order chi connectivity index (χ0) is 15.9. The van der Waals surface area contributed by atoms with Crippen molar-refractivity contribution in [1.29, 1.82) is 0 Å². The van der Waals surface area contributed by atoms with Crippen LogP contribution in [0.3, 0.4) is 0 Å². The Balaban J connectivity index is 1.29. The molecule has 0 heterocycles. The third-order valence-corrected chi connectivity index (χ3v) is 7.33. The summed E-state index contributed by atoms with van der Waals surface area (Å²) in [6.07, 6.45) is 7.98. The average Bonchev–Trinajstić information content (AvgIpc) is 2.45. The van der Waals surface area contributed by atoms with Gasteiger partial charge in [0.15, 0.2) is 0 Å². The molecule has 4 aliphatic carbocycles. The van der Waals surface area contributed by atoms with Crippen LogP contribution in [-0.4, -0.2) is 17.2 Å². The van der Waals surface area contributed by atoms with E-state index >= 15 is 0 Å². The van der Waals surface area contributed by atoms with Gasteiger partial charge in [-0.3, -0.25) is 4.79 Å². The molecule has 1 aromatic carbocycles. The van der Waals surface area contributed by atoms with Crippen molar-refractivity contribution in [2.75, 3.05) is 5.75 Å².